The van der Waals surface area contributed by atoms with Crippen LogP contribution in [0.5, 0.6) is 0 Å². The number of carbonyl (C=O) groups excluding carboxylic acids is 3. The van der Waals surface area contributed by atoms with Crippen LogP contribution in [0.15, 0.2) is 24.3 Å². The number of rotatable bonds is 54. The van der Waals surface area contributed by atoms with Gasteiger partial charge in [-0.2, -0.15) is 0 Å². The van der Waals surface area contributed by atoms with Crippen LogP contribution >= 0.6 is 0 Å². The number of carboxylic acid groups (broad SMARTS) is 1. The van der Waals surface area contributed by atoms with Crippen LogP contribution in [0, 0.1) is 0 Å². The van der Waals surface area contributed by atoms with Crippen LogP contribution in [-0.2, 0) is 33.3 Å². The highest BCUT2D eigenvalue weighted by Gasteiger charge is 2.22. The molecule has 400 valence electrons. The zero-order valence-electron chi connectivity index (χ0n) is 45.5. The molecule has 2 unspecified atom stereocenters. The lowest BCUT2D eigenvalue weighted by Gasteiger charge is -2.26. The van der Waals surface area contributed by atoms with Gasteiger partial charge in [0.15, 0.2) is 12.4 Å². The summed E-state index contributed by atoms with van der Waals surface area (Å²) < 4.78 is 22.5. The SMILES string of the molecule is CCCCCCC/C=C\C/C=C\CCCCCCCCCCCCCCCCCCCCCCCCCCCC(=O)OC(COC(=O)CCCCCCCC)COC(OCC[N+](C)(C)C)C(=O)[O-]. The fraction of sp³-hybridized carbons (Fsp3) is 0.881. The molecule has 0 aromatic heterocycles. The second kappa shape index (κ2) is 51.1. The average Bonchev–Trinajstić information content (AvgIpc) is 3.30. The maximum atomic E-state index is 12.8. The lowest BCUT2D eigenvalue weighted by atomic mass is 10.0. The smallest absolute Gasteiger partial charge is 0.306 e. The number of aliphatic carboxylic acids is 1. The van der Waals surface area contributed by atoms with Gasteiger partial charge in [0.25, 0.3) is 0 Å². The number of carbonyl (C=O) groups is 3. The first-order chi connectivity index (χ1) is 33.1. The molecule has 0 aromatic carbocycles. The molecular formula is C59H111NO8. The Hall–Kier alpha value is -2.23. The molecule has 0 aromatic rings. The van der Waals surface area contributed by atoms with E-state index in [0.717, 1.165) is 51.4 Å². The molecule has 0 amide bonds. The molecule has 0 aliphatic rings. The number of hydrogen-bond donors (Lipinski definition) is 0. The third kappa shape index (κ3) is 51.6. The predicted octanol–water partition coefficient (Wildman–Crippen LogP) is 15.4. The molecule has 9 heteroatoms. The molecule has 9 nitrogen and oxygen atoms in total. The number of likely N-dealkylation sites (N-methyl/N-ethyl adjacent to an activating group) is 1. The molecule has 0 N–H and O–H groups in total. The van der Waals surface area contributed by atoms with Gasteiger partial charge in [-0.3, -0.25) is 9.59 Å². The third-order valence-electron chi connectivity index (χ3n) is 13.0. The molecule has 2 atom stereocenters. The van der Waals surface area contributed by atoms with E-state index in [1.54, 1.807) is 0 Å². The van der Waals surface area contributed by atoms with Crippen LogP contribution in [0.1, 0.15) is 277 Å². The van der Waals surface area contributed by atoms with Crippen molar-refractivity contribution in [2.24, 2.45) is 0 Å². The van der Waals surface area contributed by atoms with Crippen LogP contribution in [0.4, 0.5) is 0 Å². The van der Waals surface area contributed by atoms with Gasteiger partial charge in [0, 0.05) is 12.8 Å². The summed E-state index contributed by atoms with van der Waals surface area (Å²) in [7, 11) is 5.91. The van der Waals surface area contributed by atoms with Crippen molar-refractivity contribution in [3.63, 3.8) is 0 Å². The first-order valence-corrected chi connectivity index (χ1v) is 29.0. The highest BCUT2D eigenvalue weighted by atomic mass is 16.7. The summed E-state index contributed by atoms with van der Waals surface area (Å²) in [5.41, 5.74) is 0. The largest absolute Gasteiger partial charge is 0.545 e. The van der Waals surface area contributed by atoms with Crippen LogP contribution in [0.2, 0.25) is 0 Å². The zero-order chi connectivity index (χ0) is 49.9. The summed E-state index contributed by atoms with van der Waals surface area (Å²) in [5, 5.41) is 11.7. The first-order valence-electron chi connectivity index (χ1n) is 29.0. The average molecular weight is 963 g/mol. The van der Waals surface area contributed by atoms with Gasteiger partial charge in [-0.1, -0.05) is 244 Å². The molecule has 0 spiro atoms. The van der Waals surface area contributed by atoms with Gasteiger partial charge in [-0.25, -0.2) is 0 Å². The summed E-state index contributed by atoms with van der Waals surface area (Å²) >= 11 is 0. The summed E-state index contributed by atoms with van der Waals surface area (Å²) in [5.74, 6) is -2.28. The van der Waals surface area contributed by atoms with E-state index in [4.69, 9.17) is 18.9 Å². The molecule has 0 fully saturated rings. The fourth-order valence-corrected chi connectivity index (χ4v) is 8.45. The summed E-state index contributed by atoms with van der Waals surface area (Å²) in [6.45, 7) is 4.69. The summed E-state index contributed by atoms with van der Waals surface area (Å²) in [4.78, 5) is 36.8. The second-order valence-corrected chi connectivity index (χ2v) is 20.9. The molecule has 0 aliphatic carbocycles. The normalized spacial score (nSPS) is 12.9. The quantitative estimate of drug-likeness (QED) is 0.0195. The monoisotopic (exact) mass is 962 g/mol. The molecule has 0 heterocycles. The van der Waals surface area contributed by atoms with Crippen LogP contribution < -0.4 is 5.11 Å². The molecule has 0 saturated heterocycles. The minimum atomic E-state index is -1.61. The Morgan fingerprint density at radius 1 is 0.441 bits per heavy atom. The maximum Gasteiger partial charge on any atom is 0.306 e. The van der Waals surface area contributed by atoms with E-state index in [9.17, 15) is 19.5 Å². The fourth-order valence-electron chi connectivity index (χ4n) is 8.45. The highest BCUT2D eigenvalue weighted by molar-refractivity contribution is 5.70. The number of quaternary nitrogens is 1. The molecular weight excluding hydrogens is 851 g/mol. The van der Waals surface area contributed by atoms with Gasteiger partial charge >= 0.3 is 11.9 Å². The number of ether oxygens (including phenoxy) is 4. The molecule has 0 bridgehead atoms. The number of carboxylic acids is 1. The predicted molar refractivity (Wildman–Crippen MR) is 283 cm³/mol. The van der Waals surface area contributed by atoms with Gasteiger partial charge in [-0.05, 0) is 44.9 Å². The van der Waals surface area contributed by atoms with Crippen molar-refractivity contribution in [2.45, 2.75) is 289 Å². The van der Waals surface area contributed by atoms with Crippen molar-refractivity contribution < 1.29 is 42.9 Å². The Balaban J connectivity index is 3.81. The molecule has 0 radical (unpaired) electrons. The standard InChI is InChI=1S/C59H111NO8/c1-6-8-10-12-14-15-16-17-18-19-20-21-22-23-24-25-26-27-28-29-30-31-32-33-34-35-36-37-38-39-40-41-42-43-44-46-48-50-57(62)68-55(53-66-56(61)49-47-45-13-11-9-7-2)54-67-59(58(63)64)65-52-51-60(3,4)5/h16-17,19-20,55,59H,6-15,18,21-54H2,1-5H3/b17-16-,20-19-. The number of unbranched alkanes of at least 4 members (excludes halogenated alkanes) is 35. The molecule has 0 aliphatic heterocycles. The first kappa shape index (κ1) is 65.8. The van der Waals surface area contributed by atoms with Crippen molar-refractivity contribution >= 4 is 17.9 Å². The Labute approximate surface area is 420 Å². The Bertz CT molecular complexity index is 1170. The van der Waals surface area contributed by atoms with Crippen molar-refractivity contribution in [2.75, 3.05) is 47.5 Å². The topological polar surface area (TPSA) is 111 Å². The van der Waals surface area contributed by atoms with Crippen LogP contribution in [0.25, 0.3) is 0 Å². The van der Waals surface area contributed by atoms with Crippen molar-refractivity contribution in [1.82, 2.24) is 0 Å². The maximum absolute atomic E-state index is 12.8. The lowest BCUT2D eigenvalue weighted by molar-refractivity contribution is -0.870. The molecule has 0 saturated carbocycles. The van der Waals surface area contributed by atoms with E-state index >= 15 is 0 Å². The summed E-state index contributed by atoms with van der Waals surface area (Å²) in [6.07, 6.45) is 57.3. The van der Waals surface area contributed by atoms with Gasteiger partial charge in [0.2, 0.25) is 0 Å². The Kier molecular flexibility index (Phi) is 49.5. The lowest BCUT2D eigenvalue weighted by Crippen LogP contribution is -2.44. The minimum absolute atomic E-state index is 0.151. The summed E-state index contributed by atoms with van der Waals surface area (Å²) in [6, 6.07) is 0. The number of esters is 2. The van der Waals surface area contributed by atoms with Crippen LogP contribution in [-0.4, -0.2) is 82.3 Å². The number of allylic oxidation sites excluding steroid dienone is 4. The van der Waals surface area contributed by atoms with Crippen molar-refractivity contribution in [3.05, 3.63) is 24.3 Å². The highest BCUT2D eigenvalue weighted by Crippen LogP contribution is 2.17. The van der Waals surface area contributed by atoms with Crippen molar-refractivity contribution in [1.29, 1.82) is 0 Å². The van der Waals surface area contributed by atoms with Gasteiger partial charge in [0.05, 0.1) is 40.3 Å². The Morgan fingerprint density at radius 2 is 0.794 bits per heavy atom. The van der Waals surface area contributed by atoms with Crippen molar-refractivity contribution in [3.8, 4) is 0 Å². The van der Waals surface area contributed by atoms with Gasteiger partial charge in [-0.15, -0.1) is 0 Å². The van der Waals surface area contributed by atoms with E-state index in [-0.39, 0.29) is 32.2 Å². The van der Waals surface area contributed by atoms with Gasteiger partial charge < -0.3 is 33.3 Å². The van der Waals surface area contributed by atoms with E-state index < -0.39 is 24.3 Å². The minimum Gasteiger partial charge on any atom is -0.545 e. The second-order valence-electron chi connectivity index (χ2n) is 20.9. The zero-order valence-corrected chi connectivity index (χ0v) is 45.5. The van der Waals surface area contributed by atoms with E-state index in [2.05, 4.69) is 38.2 Å². The molecule has 0 rings (SSSR count). The number of nitrogens with zero attached hydrogens (tertiary/aromatic N) is 1. The van der Waals surface area contributed by atoms with Crippen LogP contribution in [0.3, 0.4) is 0 Å². The van der Waals surface area contributed by atoms with E-state index in [1.807, 2.05) is 21.1 Å². The third-order valence-corrected chi connectivity index (χ3v) is 13.0. The number of hydrogen-bond acceptors (Lipinski definition) is 8. The Morgan fingerprint density at radius 3 is 1.16 bits per heavy atom. The van der Waals surface area contributed by atoms with Gasteiger partial charge in [0.1, 0.15) is 13.2 Å². The van der Waals surface area contributed by atoms with E-state index in [0.29, 0.717) is 17.4 Å². The molecule has 68 heavy (non-hydrogen) atoms. The van der Waals surface area contributed by atoms with E-state index in [1.165, 1.54) is 199 Å².